The van der Waals surface area contributed by atoms with Crippen molar-refractivity contribution in [3.8, 4) is 0 Å². The number of nitrogens with zero attached hydrogens (tertiary/aromatic N) is 1. The van der Waals surface area contributed by atoms with Crippen molar-refractivity contribution in [2.24, 2.45) is 5.92 Å². The molecule has 0 aromatic heterocycles. The van der Waals surface area contributed by atoms with Crippen molar-refractivity contribution in [3.63, 3.8) is 0 Å². The van der Waals surface area contributed by atoms with Crippen LogP contribution >= 0.6 is 11.6 Å². The summed E-state index contributed by atoms with van der Waals surface area (Å²) in [4.78, 5) is 11.8. The Morgan fingerprint density at radius 2 is 1.92 bits per heavy atom. The maximum atomic E-state index is 12.9. The fourth-order valence-electron chi connectivity index (χ4n) is 2.50. The number of ether oxygens (including phenoxy) is 1. The van der Waals surface area contributed by atoms with Crippen molar-refractivity contribution in [2.75, 3.05) is 25.0 Å². The third-order valence-corrected chi connectivity index (χ3v) is 6.19. The van der Waals surface area contributed by atoms with Crippen molar-refractivity contribution in [2.45, 2.75) is 26.7 Å². The summed E-state index contributed by atoms with van der Waals surface area (Å²) >= 11 is 5.83. The second-order valence-electron chi connectivity index (χ2n) is 5.97. The Balaban J connectivity index is 2.26. The molecule has 1 aromatic rings. The number of carbonyl (C=O) groups is 1. The van der Waals surface area contributed by atoms with Gasteiger partial charge in [0.25, 0.3) is 10.0 Å². The Labute approximate surface area is 153 Å². The zero-order chi connectivity index (χ0) is 18.4. The van der Waals surface area contributed by atoms with Crippen molar-refractivity contribution in [3.05, 3.63) is 40.4 Å². The molecule has 1 aromatic carbocycles. The molecule has 1 N–H and O–H groups in total. The molecule has 1 saturated heterocycles. The van der Waals surface area contributed by atoms with E-state index >= 15 is 0 Å². The monoisotopic (exact) mass is 386 g/mol. The van der Waals surface area contributed by atoms with Crippen molar-refractivity contribution in [1.82, 2.24) is 4.31 Å². The fourth-order valence-corrected chi connectivity index (χ4v) is 4.07. The smallest absolute Gasteiger partial charge is 0.352 e. The van der Waals surface area contributed by atoms with Crippen LogP contribution in [0.25, 0.3) is 0 Å². The van der Waals surface area contributed by atoms with Gasteiger partial charge in [0.2, 0.25) is 0 Å². The van der Waals surface area contributed by atoms with Gasteiger partial charge in [-0.2, -0.15) is 4.31 Å². The molecule has 138 valence electrons. The van der Waals surface area contributed by atoms with Gasteiger partial charge in [-0.05, 0) is 49.9 Å². The van der Waals surface area contributed by atoms with E-state index in [1.165, 1.54) is 10.5 Å². The third-order valence-electron chi connectivity index (χ3n) is 4.05. The van der Waals surface area contributed by atoms with Gasteiger partial charge in [-0.25, -0.2) is 13.2 Å². The van der Waals surface area contributed by atoms with Gasteiger partial charge in [0, 0.05) is 30.0 Å². The average Bonchev–Trinajstić information content (AvgIpc) is 2.57. The Morgan fingerprint density at radius 1 is 1.32 bits per heavy atom. The normalized spacial score (nSPS) is 17.3. The lowest BCUT2D eigenvalue weighted by molar-refractivity contribution is -0.137. The highest BCUT2D eigenvalue weighted by Gasteiger charge is 2.34. The Hall–Kier alpha value is -1.57. The van der Waals surface area contributed by atoms with E-state index in [-0.39, 0.29) is 11.5 Å². The van der Waals surface area contributed by atoms with Crippen LogP contribution in [0.1, 0.15) is 26.7 Å². The van der Waals surface area contributed by atoms with Gasteiger partial charge >= 0.3 is 5.97 Å². The minimum Gasteiger partial charge on any atom is -0.462 e. The average molecular weight is 387 g/mol. The fraction of sp³-hybridized carbons (Fsp3) is 0.471. The summed E-state index contributed by atoms with van der Waals surface area (Å²) < 4.78 is 32.0. The van der Waals surface area contributed by atoms with E-state index in [0.717, 1.165) is 12.8 Å². The summed E-state index contributed by atoms with van der Waals surface area (Å²) in [7, 11) is -3.92. The van der Waals surface area contributed by atoms with Gasteiger partial charge in [0.15, 0.2) is 4.91 Å². The van der Waals surface area contributed by atoms with Crippen LogP contribution < -0.4 is 5.32 Å². The van der Waals surface area contributed by atoms with E-state index in [0.29, 0.717) is 29.7 Å². The lowest BCUT2D eigenvalue weighted by Crippen LogP contribution is -2.40. The number of hydrogen-bond donors (Lipinski definition) is 1. The second kappa shape index (κ2) is 8.69. The van der Waals surface area contributed by atoms with Gasteiger partial charge < -0.3 is 10.1 Å². The molecule has 0 radical (unpaired) electrons. The molecule has 1 aliphatic heterocycles. The van der Waals surface area contributed by atoms with Crippen molar-refractivity contribution in [1.29, 1.82) is 0 Å². The first-order valence-electron chi connectivity index (χ1n) is 8.24. The van der Waals surface area contributed by atoms with Crippen LogP contribution in [0.4, 0.5) is 5.69 Å². The van der Waals surface area contributed by atoms with Crippen LogP contribution in [0.15, 0.2) is 35.4 Å². The summed E-state index contributed by atoms with van der Waals surface area (Å²) in [6, 6.07) is 6.72. The van der Waals surface area contributed by atoms with Crippen LogP contribution in [-0.2, 0) is 19.6 Å². The van der Waals surface area contributed by atoms with E-state index in [9.17, 15) is 13.2 Å². The zero-order valence-electron chi connectivity index (χ0n) is 14.4. The van der Waals surface area contributed by atoms with E-state index in [2.05, 4.69) is 12.2 Å². The summed E-state index contributed by atoms with van der Waals surface area (Å²) in [6.07, 6.45) is 2.74. The summed E-state index contributed by atoms with van der Waals surface area (Å²) in [5, 5.41) is 3.40. The SMILES string of the molecule is CCOC(=O)C(=CNc1ccc(Cl)cc1)S(=O)(=O)N1CCC(C)CC1. The summed E-state index contributed by atoms with van der Waals surface area (Å²) in [5.74, 6) is -0.378. The lowest BCUT2D eigenvalue weighted by atomic mass is 10.0. The van der Waals surface area contributed by atoms with Crippen molar-refractivity contribution < 1.29 is 17.9 Å². The predicted octanol–water partition coefficient (Wildman–Crippen LogP) is 3.22. The minimum atomic E-state index is -3.92. The molecule has 0 spiro atoms. The lowest BCUT2D eigenvalue weighted by Gasteiger charge is -2.29. The highest BCUT2D eigenvalue weighted by atomic mass is 35.5. The maximum Gasteiger partial charge on any atom is 0.352 e. The van der Waals surface area contributed by atoms with Crippen LogP contribution in [-0.4, -0.2) is 38.4 Å². The molecule has 0 aliphatic carbocycles. The Morgan fingerprint density at radius 3 is 2.48 bits per heavy atom. The molecule has 0 amide bonds. The van der Waals surface area contributed by atoms with Gasteiger partial charge in [0.05, 0.1) is 6.61 Å². The number of anilines is 1. The van der Waals surface area contributed by atoms with Gasteiger partial charge in [-0.3, -0.25) is 0 Å². The first-order chi connectivity index (χ1) is 11.8. The maximum absolute atomic E-state index is 12.9. The quantitative estimate of drug-likeness (QED) is 0.600. The highest BCUT2D eigenvalue weighted by molar-refractivity contribution is 7.94. The molecule has 8 heteroatoms. The molecule has 1 heterocycles. The first-order valence-corrected chi connectivity index (χ1v) is 10.1. The summed E-state index contributed by atoms with van der Waals surface area (Å²) in [6.45, 7) is 4.64. The minimum absolute atomic E-state index is 0.101. The number of nitrogens with one attached hydrogen (secondary N) is 1. The number of rotatable bonds is 6. The van der Waals surface area contributed by atoms with Crippen LogP contribution in [0.5, 0.6) is 0 Å². The molecule has 0 saturated carbocycles. The number of esters is 1. The van der Waals surface area contributed by atoms with Crippen LogP contribution in [0.3, 0.4) is 0 Å². The number of sulfonamides is 1. The van der Waals surface area contributed by atoms with Crippen LogP contribution in [0, 0.1) is 5.92 Å². The van der Waals surface area contributed by atoms with Gasteiger partial charge in [-0.1, -0.05) is 18.5 Å². The first kappa shape index (κ1) is 19.8. The molecular formula is C17H23ClN2O4S. The molecule has 2 rings (SSSR count). The van der Waals surface area contributed by atoms with E-state index in [1.54, 1.807) is 31.2 Å². The van der Waals surface area contributed by atoms with Gasteiger partial charge in [-0.15, -0.1) is 0 Å². The number of halogens is 1. The van der Waals surface area contributed by atoms with Crippen LogP contribution in [0.2, 0.25) is 5.02 Å². The standard InChI is InChI=1S/C17H23ClN2O4S/c1-3-24-17(21)16(12-19-15-6-4-14(18)5-7-15)25(22,23)20-10-8-13(2)9-11-20/h4-7,12-13,19H,3,8-11H2,1-2H3. The molecule has 1 aliphatic rings. The number of piperidine rings is 1. The van der Waals surface area contributed by atoms with Crippen molar-refractivity contribution >= 4 is 33.3 Å². The predicted molar refractivity (Wildman–Crippen MR) is 98.7 cm³/mol. The van der Waals surface area contributed by atoms with Gasteiger partial charge in [0.1, 0.15) is 0 Å². The summed E-state index contributed by atoms with van der Waals surface area (Å²) in [5.41, 5.74) is 0.619. The number of benzene rings is 1. The molecule has 0 bridgehead atoms. The molecular weight excluding hydrogens is 364 g/mol. The number of hydrogen-bond acceptors (Lipinski definition) is 5. The third kappa shape index (κ3) is 5.20. The second-order valence-corrected chi connectivity index (χ2v) is 8.31. The molecule has 25 heavy (non-hydrogen) atoms. The molecule has 6 nitrogen and oxygen atoms in total. The van der Waals surface area contributed by atoms with E-state index < -0.39 is 16.0 Å². The zero-order valence-corrected chi connectivity index (χ0v) is 15.9. The topological polar surface area (TPSA) is 75.7 Å². The molecule has 1 fully saturated rings. The Kier molecular flexibility index (Phi) is 6.87. The highest BCUT2D eigenvalue weighted by Crippen LogP contribution is 2.24. The van der Waals surface area contributed by atoms with E-state index in [4.69, 9.17) is 16.3 Å². The van der Waals surface area contributed by atoms with E-state index in [1.807, 2.05) is 0 Å². The Bertz CT molecular complexity index is 724. The molecule has 0 unspecified atom stereocenters. The number of carbonyl (C=O) groups excluding carboxylic acids is 1. The molecule has 0 atom stereocenters. The largest absolute Gasteiger partial charge is 0.462 e.